The fourth-order valence-corrected chi connectivity index (χ4v) is 2.44. The molecule has 0 aliphatic rings. The molecule has 1 aromatic carbocycles. The van der Waals surface area contributed by atoms with Gasteiger partial charge in [-0.2, -0.15) is 23.0 Å². The van der Waals surface area contributed by atoms with Crippen molar-refractivity contribution in [1.82, 2.24) is 19.7 Å². The van der Waals surface area contributed by atoms with Crippen molar-refractivity contribution in [3.8, 4) is 17.4 Å². The number of nitrogens with zero attached hydrogens (tertiary/aromatic N) is 4. The van der Waals surface area contributed by atoms with E-state index >= 15 is 0 Å². The Kier molecular flexibility index (Phi) is 4.84. The van der Waals surface area contributed by atoms with Crippen molar-refractivity contribution in [2.24, 2.45) is 0 Å². The van der Waals surface area contributed by atoms with Gasteiger partial charge in [-0.25, -0.2) is 9.97 Å². The first-order valence-electron chi connectivity index (χ1n) is 6.86. The number of aromatic nitrogens is 4. The first-order chi connectivity index (χ1) is 12.3. The maximum absolute atomic E-state index is 12.7. The zero-order chi connectivity index (χ0) is 18.9. The summed E-state index contributed by atoms with van der Waals surface area (Å²) in [6.07, 6.45) is -1.29. The average molecular weight is 403 g/mol. The van der Waals surface area contributed by atoms with Crippen LogP contribution in [-0.4, -0.2) is 19.7 Å². The third-order valence-corrected chi connectivity index (χ3v) is 3.70. The van der Waals surface area contributed by atoms with Gasteiger partial charge in [0.2, 0.25) is 0 Å². The Balaban J connectivity index is 2.06. The molecule has 0 bridgehead atoms. The Morgan fingerprint density at radius 3 is 2.35 bits per heavy atom. The van der Waals surface area contributed by atoms with Crippen molar-refractivity contribution in [3.63, 3.8) is 0 Å². The van der Waals surface area contributed by atoms with Gasteiger partial charge in [0.05, 0.1) is 27.5 Å². The number of benzene rings is 1. The van der Waals surface area contributed by atoms with Gasteiger partial charge in [0.25, 0.3) is 5.56 Å². The molecule has 0 spiro atoms. The molecule has 2 aromatic heterocycles. The van der Waals surface area contributed by atoms with Gasteiger partial charge in [0.15, 0.2) is 5.75 Å². The summed E-state index contributed by atoms with van der Waals surface area (Å²) in [5.41, 5.74) is -2.20. The molecule has 26 heavy (non-hydrogen) atoms. The van der Waals surface area contributed by atoms with Crippen LogP contribution in [0.3, 0.4) is 0 Å². The normalized spacial score (nSPS) is 11.4. The zero-order valence-electron chi connectivity index (χ0n) is 12.5. The summed E-state index contributed by atoms with van der Waals surface area (Å²) in [5.74, 6) is 0.0471. The Morgan fingerprint density at radius 1 is 1.04 bits per heavy atom. The minimum absolute atomic E-state index is 0.00862. The van der Waals surface area contributed by atoms with Crippen LogP contribution in [0.1, 0.15) is 5.56 Å². The van der Waals surface area contributed by atoms with Crippen LogP contribution < -0.4 is 10.3 Å². The van der Waals surface area contributed by atoms with E-state index in [0.29, 0.717) is 16.9 Å². The number of hydrogen-bond acceptors (Lipinski definition) is 5. The molecule has 0 aliphatic carbocycles. The molecule has 0 aliphatic heterocycles. The number of ether oxygens (including phenoxy) is 1. The highest BCUT2D eigenvalue weighted by atomic mass is 35.5. The molecule has 11 heteroatoms. The van der Waals surface area contributed by atoms with Crippen molar-refractivity contribution in [3.05, 3.63) is 68.8 Å². The summed E-state index contributed by atoms with van der Waals surface area (Å²) >= 11 is 12.1. The fourth-order valence-electron chi connectivity index (χ4n) is 1.94. The van der Waals surface area contributed by atoms with Crippen molar-refractivity contribution in [1.29, 1.82) is 0 Å². The molecule has 0 N–H and O–H groups in total. The van der Waals surface area contributed by atoms with Gasteiger partial charge in [-0.1, -0.05) is 23.2 Å². The Bertz CT molecular complexity index is 1010. The summed E-state index contributed by atoms with van der Waals surface area (Å²) in [5, 5.41) is 3.60. The lowest BCUT2D eigenvalue weighted by Crippen LogP contribution is -2.23. The Labute approximate surface area is 153 Å². The highest BCUT2D eigenvalue weighted by molar-refractivity contribution is 6.36. The summed E-state index contributed by atoms with van der Waals surface area (Å²) in [4.78, 5) is 19.8. The smallest absolute Gasteiger partial charge is 0.418 e. The summed E-state index contributed by atoms with van der Waals surface area (Å²) in [6.45, 7) is 0. The van der Waals surface area contributed by atoms with Gasteiger partial charge < -0.3 is 4.74 Å². The third-order valence-electron chi connectivity index (χ3n) is 3.10. The minimum atomic E-state index is -4.69. The second-order valence-corrected chi connectivity index (χ2v) is 5.67. The van der Waals surface area contributed by atoms with Crippen LogP contribution in [0.2, 0.25) is 10.0 Å². The molecule has 0 saturated heterocycles. The highest BCUT2D eigenvalue weighted by Gasteiger charge is 2.31. The minimum Gasteiger partial charge on any atom is -0.423 e. The predicted molar refractivity (Wildman–Crippen MR) is 87.0 cm³/mol. The third kappa shape index (κ3) is 3.78. The highest BCUT2D eigenvalue weighted by Crippen LogP contribution is 2.34. The van der Waals surface area contributed by atoms with E-state index in [4.69, 9.17) is 27.9 Å². The lowest BCUT2D eigenvalue weighted by atomic mass is 10.2. The van der Waals surface area contributed by atoms with Crippen molar-refractivity contribution >= 4 is 23.2 Å². The average Bonchev–Trinajstić information content (AvgIpc) is 2.58. The number of alkyl halides is 3. The Morgan fingerprint density at radius 2 is 1.73 bits per heavy atom. The Hall–Kier alpha value is -2.65. The number of hydrogen-bond donors (Lipinski definition) is 0. The van der Waals surface area contributed by atoms with Crippen molar-refractivity contribution < 1.29 is 17.9 Å². The van der Waals surface area contributed by atoms with E-state index < -0.39 is 17.3 Å². The van der Waals surface area contributed by atoms with Crippen LogP contribution in [0, 0.1) is 0 Å². The molecule has 6 nitrogen and oxygen atoms in total. The van der Waals surface area contributed by atoms with Crippen LogP contribution in [0.25, 0.3) is 5.69 Å². The van der Waals surface area contributed by atoms with E-state index in [1.54, 1.807) is 6.07 Å². The maximum Gasteiger partial charge on any atom is 0.418 e. The molecule has 134 valence electrons. The zero-order valence-corrected chi connectivity index (χ0v) is 14.0. The summed E-state index contributed by atoms with van der Waals surface area (Å²) in [7, 11) is 0. The standard InChI is InChI=1S/C15H7Cl2F3N4O2/c16-9-5-10(17)12(26-14-21-2-1-3-22-14)6-11(9)24-13(25)4-8(7-23-24)15(18,19)20/h1-7H. The first kappa shape index (κ1) is 18.2. The monoisotopic (exact) mass is 402 g/mol. The van der Waals surface area contributed by atoms with Crippen LogP contribution in [-0.2, 0) is 6.18 Å². The van der Waals surface area contributed by atoms with E-state index in [-0.39, 0.29) is 27.5 Å². The summed E-state index contributed by atoms with van der Waals surface area (Å²) < 4.78 is 44.1. The lowest BCUT2D eigenvalue weighted by molar-refractivity contribution is -0.138. The van der Waals surface area contributed by atoms with Crippen molar-refractivity contribution in [2.75, 3.05) is 0 Å². The predicted octanol–water partition coefficient (Wildman–Crippen LogP) is 4.14. The van der Waals surface area contributed by atoms with Gasteiger partial charge in [-0.3, -0.25) is 4.79 Å². The van der Waals surface area contributed by atoms with Gasteiger partial charge in [-0.05, 0) is 12.1 Å². The second-order valence-electron chi connectivity index (χ2n) is 4.86. The lowest BCUT2D eigenvalue weighted by Gasteiger charge is -2.12. The SMILES string of the molecule is O=c1cc(C(F)(F)F)cnn1-c1cc(Oc2ncccn2)c(Cl)cc1Cl. The van der Waals surface area contributed by atoms with Gasteiger partial charge in [-0.15, -0.1) is 0 Å². The molecule has 0 fully saturated rings. The molecular weight excluding hydrogens is 396 g/mol. The number of rotatable bonds is 3. The van der Waals surface area contributed by atoms with Gasteiger partial charge in [0.1, 0.15) is 0 Å². The van der Waals surface area contributed by atoms with Crippen molar-refractivity contribution in [2.45, 2.75) is 6.18 Å². The van der Waals surface area contributed by atoms with E-state index in [2.05, 4.69) is 15.1 Å². The quantitative estimate of drug-likeness (QED) is 0.658. The van der Waals surface area contributed by atoms with E-state index in [1.165, 1.54) is 24.5 Å². The van der Waals surface area contributed by atoms with Gasteiger partial charge >= 0.3 is 12.2 Å². The molecule has 0 atom stereocenters. The first-order valence-corrected chi connectivity index (χ1v) is 7.62. The molecular formula is C15H7Cl2F3N4O2. The molecule has 0 unspecified atom stereocenters. The van der Waals surface area contributed by atoms with Crippen LogP contribution >= 0.6 is 23.2 Å². The van der Waals surface area contributed by atoms with Crippen LogP contribution in [0.4, 0.5) is 13.2 Å². The maximum atomic E-state index is 12.7. The largest absolute Gasteiger partial charge is 0.423 e. The fraction of sp³-hybridized carbons (Fsp3) is 0.0667. The molecule has 2 heterocycles. The van der Waals surface area contributed by atoms with E-state index in [0.717, 1.165) is 0 Å². The van der Waals surface area contributed by atoms with Crippen LogP contribution in [0.15, 0.2) is 47.7 Å². The van der Waals surface area contributed by atoms with Crippen LogP contribution in [0.5, 0.6) is 11.8 Å². The second kappa shape index (κ2) is 6.93. The molecule has 0 radical (unpaired) electrons. The molecule has 0 amide bonds. The number of halogens is 5. The van der Waals surface area contributed by atoms with E-state index in [1.807, 2.05) is 0 Å². The summed E-state index contributed by atoms with van der Waals surface area (Å²) in [6, 6.07) is 4.49. The molecule has 3 aromatic rings. The van der Waals surface area contributed by atoms with E-state index in [9.17, 15) is 18.0 Å². The topological polar surface area (TPSA) is 69.9 Å². The molecule has 0 saturated carbocycles. The van der Waals surface area contributed by atoms with Gasteiger partial charge in [0, 0.05) is 24.5 Å². The molecule has 3 rings (SSSR count).